The lowest BCUT2D eigenvalue weighted by atomic mass is 10.4. The Morgan fingerprint density at radius 1 is 1.86 bits per heavy atom. The van der Waals surface area contributed by atoms with Crippen LogP contribution in [0, 0.1) is 6.92 Å². The first kappa shape index (κ1) is 9.21. The molecule has 0 bridgehead atoms. The van der Waals surface area contributed by atoms with Crippen molar-refractivity contribution in [3.63, 3.8) is 0 Å². The number of carbonyl (C=O) groups is 1. The summed E-state index contributed by atoms with van der Waals surface area (Å²) in [6.07, 6.45) is 2.67. The van der Waals surface area contributed by atoms with Gasteiger partial charge in [0.1, 0.15) is 12.2 Å². The van der Waals surface area contributed by atoms with Gasteiger partial charge in [-0.15, -0.1) is 0 Å². The number of nitrogens with two attached hydrogens (primary N) is 1. The van der Waals surface area contributed by atoms with Crippen molar-refractivity contribution in [2.24, 2.45) is 5.73 Å². The van der Waals surface area contributed by atoms with Gasteiger partial charge < -0.3 is 15.5 Å². The maximum absolute atomic E-state index is 11.4. The minimum absolute atomic E-state index is 0.0789. The van der Waals surface area contributed by atoms with Crippen molar-refractivity contribution in [2.45, 2.75) is 31.8 Å². The topological polar surface area (TPSA) is 81.2 Å². The van der Waals surface area contributed by atoms with E-state index in [4.69, 9.17) is 10.2 Å². The van der Waals surface area contributed by atoms with Crippen molar-refractivity contribution in [3.05, 3.63) is 17.8 Å². The van der Waals surface area contributed by atoms with Crippen LogP contribution < -0.4 is 11.1 Å². The minimum atomic E-state index is -0.0789. The molecule has 2 rings (SSSR count). The molecule has 0 spiro atoms. The first-order chi connectivity index (χ1) is 6.65. The Hall–Kier alpha value is -1.36. The van der Waals surface area contributed by atoms with Gasteiger partial charge in [0, 0.05) is 12.1 Å². The Morgan fingerprint density at radius 3 is 3.07 bits per heavy atom. The molecule has 1 amide bonds. The predicted molar refractivity (Wildman–Crippen MR) is 49.5 cm³/mol. The van der Waals surface area contributed by atoms with E-state index in [1.54, 1.807) is 13.1 Å². The fourth-order valence-electron chi connectivity index (χ4n) is 1.26. The molecular weight excluding hydrogens is 182 g/mol. The van der Waals surface area contributed by atoms with E-state index in [1.807, 2.05) is 0 Å². The van der Waals surface area contributed by atoms with Crippen LogP contribution in [0.2, 0.25) is 0 Å². The van der Waals surface area contributed by atoms with Gasteiger partial charge in [-0.3, -0.25) is 4.79 Å². The van der Waals surface area contributed by atoms with E-state index < -0.39 is 0 Å². The fraction of sp³-hybridized carbons (Fsp3) is 0.556. The van der Waals surface area contributed by atoms with Gasteiger partial charge in [-0.05, 0) is 13.3 Å². The molecule has 5 heteroatoms. The van der Waals surface area contributed by atoms with Crippen LogP contribution in [0.3, 0.4) is 0 Å². The zero-order valence-electron chi connectivity index (χ0n) is 7.99. The van der Waals surface area contributed by atoms with E-state index in [0.29, 0.717) is 5.89 Å². The van der Waals surface area contributed by atoms with Crippen molar-refractivity contribution < 1.29 is 9.21 Å². The fourth-order valence-corrected chi connectivity index (χ4v) is 1.26. The molecule has 0 aliphatic heterocycles. The third-order valence-electron chi connectivity index (χ3n) is 2.17. The predicted octanol–water partition coefficient (Wildman–Crippen LogP) is -0.259. The molecule has 1 aromatic heterocycles. The summed E-state index contributed by atoms with van der Waals surface area (Å²) in [5, 5.41) is 2.80. The average molecular weight is 195 g/mol. The molecule has 1 aromatic rings. The number of carbonyl (C=O) groups excluding carboxylic acids is 1. The van der Waals surface area contributed by atoms with Crippen LogP contribution in [-0.4, -0.2) is 23.0 Å². The van der Waals surface area contributed by atoms with E-state index >= 15 is 0 Å². The Morgan fingerprint density at radius 2 is 2.57 bits per heavy atom. The number of nitrogens with one attached hydrogen (secondary N) is 1. The van der Waals surface area contributed by atoms with Crippen molar-refractivity contribution >= 4 is 5.91 Å². The molecule has 2 atom stereocenters. The van der Waals surface area contributed by atoms with Gasteiger partial charge in [0.05, 0.1) is 6.20 Å². The maximum Gasteiger partial charge on any atom is 0.229 e. The van der Waals surface area contributed by atoms with Gasteiger partial charge >= 0.3 is 0 Å². The molecule has 1 saturated carbocycles. The minimum Gasteiger partial charge on any atom is -0.445 e. The third kappa shape index (κ3) is 2.11. The molecule has 1 aliphatic carbocycles. The molecule has 14 heavy (non-hydrogen) atoms. The average Bonchev–Trinajstić information content (AvgIpc) is 2.59. The molecular formula is C9H13N3O2. The SMILES string of the molecule is Cc1cnc(CC(=O)NC2CC2N)o1. The van der Waals surface area contributed by atoms with Crippen LogP contribution >= 0.6 is 0 Å². The quantitative estimate of drug-likeness (QED) is 0.696. The first-order valence-electron chi connectivity index (χ1n) is 4.61. The Balaban J connectivity index is 1.82. The van der Waals surface area contributed by atoms with Crippen molar-refractivity contribution in [1.29, 1.82) is 0 Å². The molecule has 2 unspecified atom stereocenters. The van der Waals surface area contributed by atoms with Crippen LogP contribution in [0.5, 0.6) is 0 Å². The van der Waals surface area contributed by atoms with Crippen LogP contribution in [0.25, 0.3) is 0 Å². The summed E-state index contributed by atoms with van der Waals surface area (Å²) in [5.41, 5.74) is 5.56. The van der Waals surface area contributed by atoms with Gasteiger partial charge in [-0.2, -0.15) is 0 Å². The van der Waals surface area contributed by atoms with Gasteiger partial charge in [0.2, 0.25) is 11.8 Å². The smallest absolute Gasteiger partial charge is 0.229 e. The lowest BCUT2D eigenvalue weighted by molar-refractivity contribution is -0.120. The van der Waals surface area contributed by atoms with Crippen LogP contribution in [-0.2, 0) is 11.2 Å². The highest BCUT2D eigenvalue weighted by Crippen LogP contribution is 2.17. The Bertz CT molecular complexity index is 348. The summed E-state index contributed by atoms with van der Waals surface area (Å²) >= 11 is 0. The summed E-state index contributed by atoms with van der Waals surface area (Å²) in [6.45, 7) is 1.80. The number of rotatable bonds is 3. The standard InChI is InChI=1S/C9H13N3O2/c1-5-4-11-9(14-5)3-8(13)12-7-2-6(7)10/h4,6-7H,2-3,10H2,1H3,(H,12,13). The lowest BCUT2D eigenvalue weighted by Crippen LogP contribution is -2.30. The third-order valence-corrected chi connectivity index (χ3v) is 2.17. The second-order valence-corrected chi connectivity index (χ2v) is 3.61. The van der Waals surface area contributed by atoms with Gasteiger partial charge in [-0.1, -0.05) is 0 Å². The van der Waals surface area contributed by atoms with Crippen molar-refractivity contribution in [2.75, 3.05) is 0 Å². The molecule has 1 heterocycles. The molecule has 5 nitrogen and oxygen atoms in total. The van der Waals surface area contributed by atoms with Crippen LogP contribution in [0.4, 0.5) is 0 Å². The van der Waals surface area contributed by atoms with Crippen molar-refractivity contribution in [3.8, 4) is 0 Å². The number of aryl methyl sites for hydroxylation is 1. The number of aromatic nitrogens is 1. The van der Waals surface area contributed by atoms with Gasteiger partial charge in [0.25, 0.3) is 0 Å². The highest BCUT2D eigenvalue weighted by Gasteiger charge is 2.34. The monoisotopic (exact) mass is 195 g/mol. The van der Waals surface area contributed by atoms with E-state index in [0.717, 1.165) is 12.2 Å². The summed E-state index contributed by atoms with van der Waals surface area (Å²) in [5.74, 6) is 1.09. The molecule has 76 valence electrons. The molecule has 3 N–H and O–H groups in total. The van der Waals surface area contributed by atoms with Crippen LogP contribution in [0.15, 0.2) is 10.6 Å². The highest BCUT2D eigenvalue weighted by atomic mass is 16.4. The van der Waals surface area contributed by atoms with E-state index in [-0.39, 0.29) is 24.4 Å². The van der Waals surface area contributed by atoms with Crippen molar-refractivity contribution in [1.82, 2.24) is 10.3 Å². The summed E-state index contributed by atoms with van der Waals surface area (Å²) < 4.78 is 5.18. The first-order valence-corrected chi connectivity index (χ1v) is 4.61. The second kappa shape index (κ2) is 3.42. The van der Waals surface area contributed by atoms with Gasteiger partial charge in [-0.25, -0.2) is 4.98 Å². The van der Waals surface area contributed by atoms with E-state index in [1.165, 1.54) is 0 Å². The summed E-state index contributed by atoms with van der Waals surface area (Å²) in [7, 11) is 0. The second-order valence-electron chi connectivity index (χ2n) is 3.61. The maximum atomic E-state index is 11.4. The largest absolute Gasteiger partial charge is 0.445 e. The zero-order chi connectivity index (χ0) is 10.1. The molecule has 0 radical (unpaired) electrons. The molecule has 1 aliphatic rings. The highest BCUT2D eigenvalue weighted by molar-refractivity contribution is 5.78. The van der Waals surface area contributed by atoms with E-state index in [9.17, 15) is 4.79 Å². The summed E-state index contributed by atoms with van der Waals surface area (Å²) in [4.78, 5) is 15.3. The van der Waals surface area contributed by atoms with E-state index in [2.05, 4.69) is 10.3 Å². The number of amides is 1. The molecule has 1 fully saturated rings. The molecule has 0 saturated heterocycles. The number of nitrogens with zero attached hydrogens (tertiary/aromatic N) is 1. The zero-order valence-corrected chi connectivity index (χ0v) is 7.99. The molecule has 0 aromatic carbocycles. The number of oxazole rings is 1. The Labute approximate surface area is 81.7 Å². The van der Waals surface area contributed by atoms with Crippen LogP contribution in [0.1, 0.15) is 18.1 Å². The number of hydrogen-bond acceptors (Lipinski definition) is 4. The lowest BCUT2D eigenvalue weighted by Gasteiger charge is -2.00. The normalized spacial score (nSPS) is 24.7. The number of hydrogen-bond donors (Lipinski definition) is 2. The Kier molecular flexibility index (Phi) is 2.25. The van der Waals surface area contributed by atoms with Gasteiger partial charge in [0.15, 0.2) is 0 Å². The summed E-state index contributed by atoms with van der Waals surface area (Å²) in [6, 6.07) is 0.281.